The first-order valence-corrected chi connectivity index (χ1v) is 9.11. The van der Waals surface area contributed by atoms with E-state index in [1.54, 1.807) is 12.1 Å². The van der Waals surface area contributed by atoms with E-state index in [0.717, 1.165) is 31.5 Å². The Bertz CT molecular complexity index is 717. The number of fused-ring (bicyclic) bond motifs is 3. The summed E-state index contributed by atoms with van der Waals surface area (Å²) in [6.45, 7) is 5.24. The number of nitrogens with one attached hydrogen (secondary N) is 2. The Hall–Kier alpha value is -2.57. The third-order valence-corrected chi connectivity index (χ3v) is 4.73. The molecule has 2 aliphatic rings. The second-order valence-electron chi connectivity index (χ2n) is 7.18. The summed E-state index contributed by atoms with van der Waals surface area (Å²) in [6, 6.07) is 4.99. The van der Waals surface area contributed by atoms with E-state index in [-0.39, 0.29) is 24.5 Å². The van der Waals surface area contributed by atoms with Crippen LogP contribution in [0.1, 0.15) is 43.5 Å². The highest BCUT2D eigenvalue weighted by Gasteiger charge is 2.36. The van der Waals surface area contributed by atoms with Crippen LogP contribution < -0.4 is 15.5 Å². The van der Waals surface area contributed by atoms with Gasteiger partial charge in [0.1, 0.15) is 6.04 Å². The standard InChI is InChI=1S/C19H25N3O4/c1-12(2)7-8-20-17(23)11-26-19(25)13-5-6-15-14(10-13)21-18(24)16-4-3-9-22(15)16/h5-6,10,12,16H,3-4,7-9,11H2,1-2H3,(H,20,23)(H,21,24)/t16-/m1/s1. The Kier molecular flexibility index (Phi) is 5.44. The van der Waals surface area contributed by atoms with E-state index < -0.39 is 5.97 Å². The van der Waals surface area contributed by atoms with Crippen LogP contribution in [0.2, 0.25) is 0 Å². The number of esters is 1. The van der Waals surface area contributed by atoms with E-state index in [9.17, 15) is 14.4 Å². The zero-order valence-corrected chi connectivity index (χ0v) is 15.2. The second-order valence-corrected chi connectivity index (χ2v) is 7.18. The lowest BCUT2D eigenvalue weighted by Crippen LogP contribution is -2.43. The van der Waals surface area contributed by atoms with Gasteiger partial charge in [0, 0.05) is 13.1 Å². The lowest BCUT2D eigenvalue weighted by Gasteiger charge is -2.33. The first-order chi connectivity index (χ1) is 12.5. The molecule has 0 aliphatic carbocycles. The van der Waals surface area contributed by atoms with Gasteiger partial charge >= 0.3 is 5.97 Å². The largest absolute Gasteiger partial charge is 0.452 e. The molecule has 0 unspecified atom stereocenters. The molecule has 0 radical (unpaired) electrons. The summed E-state index contributed by atoms with van der Waals surface area (Å²) in [5.41, 5.74) is 1.86. The summed E-state index contributed by atoms with van der Waals surface area (Å²) in [5, 5.41) is 5.58. The van der Waals surface area contributed by atoms with E-state index in [1.807, 2.05) is 6.07 Å². The van der Waals surface area contributed by atoms with Crippen LogP contribution in [0, 0.1) is 5.92 Å². The van der Waals surface area contributed by atoms with Crippen LogP contribution in [-0.4, -0.2) is 43.5 Å². The Morgan fingerprint density at radius 3 is 2.96 bits per heavy atom. The minimum absolute atomic E-state index is 0.0370. The summed E-state index contributed by atoms with van der Waals surface area (Å²) >= 11 is 0. The summed E-state index contributed by atoms with van der Waals surface area (Å²) in [5.74, 6) is -0.432. The van der Waals surface area contributed by atoms with Gasteiger partial charge in [-0.05, 0) is 43.4 Å². The van der Waals surface area contributed by atoms with Gasteiger partial charge in [0.2, 0.25) is 5.91 Å². The van der Waals surface area contributed by atoms with Gasteiger partial charge in [0.05, 0.1) is 16.9 Å². The Balaban J connectivity index is 1.58. The van der Waals surface area contributed by atoms with E-state index in [2.05, 4.69) is 29.4 Å². The molecular formula is C19H25N3O4. The summed E-state index contributed by atoms with van der Waals surface area (Å²) in [7, 11) is 0. The van der Waals surface area contributed by atoms with Gasteiger partial charge in [-0.2, -0.15) is 0 Å². The fraction of sp³-hybridized carbons (Fsp3) is 0.526. The number of ether oxygens (including phenoxy) is 1. The molecule has 7 nitrogen and oxygen atoms in total. The van der Waals surface area contributed by atoms with Gasteiger partial charge in [-0.25, -0.2) is 4.79 Å². The Labute approximate surface area is 153 Å². The zero-order chi connectivity index (χ0) is 18.7. The van der Waals surface area contributed by atoms with Crippen molar-refractivity contribution in [3.63, 3.8) is 0 Å². The molecule has 140 valence electrons. The normalized spacial score (nSPS) is 18.2. The monoisotopic (exact) mass is 359 g/mol. The van der Waals surface area contributed by atoms with Crippen LogP contribution in [-0.2, 0) is 14.3 Å². The van der Waals surface area contributed by atoms with Crippen LogP contribution in [0.25, 0.3) is 0 Å². The van der Waals surface area contributed by atoms with Gasteiger partial charge in [-0.1, -0.05) is 13.8 Å². The highest BCUT2D eigenvalue weighted by Crippen LogP contribution is 2.37. The fourth-order valence-electron chi connectivity index (χ4n) is 3.32. The van der Waals surface area contributed by atoms with E-state index >= 15 is 0 Å². The summed E-state index contributed by atoms with van der Waals surface area (Å²) in [4.78, 5) is 38.1. The number of rotatable bonds is 6. The van der Waals surface area contributed by atoms with Crippen molar-refractivity contribution in [1.29, 1.82) is 0 Å². The maximum absolute atomic E-state index is 12.2. The summed E-state index contributed by atoms with van der Waals surface area (Å²) < 4.78 is 5.07. The van der Waals surface area contributed by atoms with Crippen LogP contribution >= 0.6 is 0 Å². The molecule has 1 fully saturated rings. The number of carbonyl (C=O) groups is 3. The highest BCUT2D eigenvalue weighted by atomic mass is 16.5. The maximum Gasteiger partial charge on any atom is 0.338 e. The van der Waals surface area contributed by atoms with E-state index in [1.165, 1.54) is 0 Å². The predicted octanol–water partition coefficient (Wildman–Crippen LogP) is 1.93. The van der Waals surface area contributed by atoms with E-state index in [0.29, 0.717) is 23.7 Å². The molecule has 0 aromatic heterocycles. The first-order valence-electron chi connectivity index (χ1n) is 9.11. The highest BCUT2D eigenvalue weighted by molar-refractivity contribution is 6.05. The molecule has 26 heavy (non-hydrogen) atoms. The molecule has 0 spiro atoms. The van der Waals surface area contributed by atoms with Crippen molar-refractivity contribution in [2.24, 2.45) is 5.92 Å². The van der Waals surface area contributed by atoms with Gasteiger partial charge < -0.3 is 20.3 Å². The molecule has 2 heterocycles. The van der Waals surface area contributed by atoms with Crippen molar-refractivity contribution in [1.82, 2.24) is 5.32 Å². The maximum atomic E-state index is 12.2. The van der Waals surface area contributed by atoms with Crippen molar-refractivity contribution < 1.29 is 19.1 Å². The van der Waals surface area contributed by atoms with Crippen LogP contribution in [0.15, 0.2) is 18.2 Å². The van der Waals surface area contributed by atoms with Crippen molar-refractivity contribution in [3.8, 4) is 0 Å². The number of hydrogen-bond acceptors (Lipinski definition) is 5. The molecule has 2 amide bonds. The molecule has 2 N–H and O–H groups in total. The van der Waals surface area contributed by atoms with Crippen LogP contribution in [0.5, 0.6) is 0 Å². The SMILES string of the molecule is CC(C)CCNC(=O)COC(=O)c1ccc2c(c1)NC(=O)[C@H]1CCCN21. The van der Waals surface area contributed by atoms with Crippen LogP contribution in [0.4, 0.5) is 11.4 Å². The summed E-state index contributed by atoms with van der Waals surface area (Å²) in [6.07, 6.45) is 2.70. The minimum atomic E-state index is -0.579. The van der Waals surface area contributed by atoms with Gasteiger partial charge in [-0.3, -0.25) is 9.59 Å². The van der Waals surface area contributed by atoms with Crippen LogP contribution in [0.3, 0.4) is 0 Å². The molecule has 0 saturated carbocycles. The molecule has 0 bridgehead atoms. The Morgan fingerprint density at radius 2 is 2.19 bits per heavy atom. The number of anilines is 2. The molecule has 7 heteroatoms. The lowest BCUT2D eigenvalue weighted by atomic mass is 10.1. The first kappa shape index (κ1) is 18.2. The van der Waals surface area contributed by atoms with Crippen molar-refractivity contribution in [2.45, 2.75) is 39.2 Å². The number of benzene rings is 1. The average Bonchev–Trinajstić information content (AvgIpc) is 3.09. The van der Waals surface area contributed by atoms with Gasteiger partial charge in [0.15, 0.2) is 6.61 Å². The predicted molar refractivity (Wildman–Crippen MR) is 98.2 cm³/mol. The molecule has 1 saturated heterocycles. The minimum Gasteiger partial charge on any atom is -0.452 e. The number of hydrogen-bond donors (Lipinski definition) is 2. The number of carbonyl (C=O) groups excluding carboxylic acids is 3. The van der Waals surface area contributed by atoms with E-state index in [4.69, 9.17) is 4.74 Å². The number of nitrogens with zero attached hydrogens (tertiary/aromatic N) is 1. The molecule has 3 rings (SSSR count). The number of amides is 2. The molecule has 1 atom stereocenters. The van der Waals surface area contributed by atoms with Crippen molar-refractivity contribution in [3.05, 3.63) is 23.8 Å². The fourth-order valence-corrected chi connectivity index (χ4v) is 3.32. The average molecular weight is 359 g/mol. The lowest BCUT2D eigenvalue weighted by molar-refractivity contribution is -0.124. The van der Waals surface area contributed by atoms with Gasteiger partial charge in [0.25, 0.3) is 5.91 Å². The molecule has 1 aromatic rings. The van der Waals surface area contributed by atoms with Crippen molar-refractivity contribution >= 4 is 29.2 Å². The van der Waals surface area contributed by atoms with Crippen molar-refractivity contribution in [2.75, 3.05) is 29.9 Å². The molecular weight excluding hydrogens is 334 g/mol. The van der Waals surface area contributed by atoms with Gasteiger partial charge in [-0.15, -0.1) is 0 Å². The third-order valence-electron chi connectivity index (χ3n) is 4.73. The zero-order valence-electron chi connectivity index (χ0n) is 15.2. The topological polar surface area (TPSA) is 87.7 Å². The molecule has 2 aliphatic heterocycles. The molecule has 1 aromatic carbocycles. The Morgan fingerprint density at radius 1 is 1.38 bits per heavy atom. The third kappa shape index (κ3) is 3.98. The quantitative estimate of drug-likeness (QED) is 0.758. The second kappa shape index (κ2) is 7.76. The smallest absolute Gasteiger partial charge is 0.338 e.